The van der Waals surface area contributed by atoms with Gasteiger partial charge in [-0.1, -0.05) is 20.8 Å². The van der Waals surface area contributed by atoms with Crippen molar-refractivity contribution in [2.75, 3.05) is 6.61 Å². The minimum Gasteiger partial charge on any atom is -0.394 e. The highest BCUT2D eigenvalue weighted by atomic mass is 19.4. The second-order valence-electron chi connectivity index (χ2n) is 6.02. The van der Waals surface area contributed by atoms with Crippen molar-refractivity contribution in [3.8, 4) is 0 Å². The highest BCUT2D eigenvalue weighted by molar-refractivity contribution is 5.95. The van der Waals surface area contributed by atoms with E-state index in [1.807, 2.05) is 20.8 Å². The topological polar surface area (TPSA) is 62.2 Å². The number of halogens is 3. The molecule has 4 nitrogen and oxygen atoms in total. The van der Waals surface area contributed by atoms with Crippen LogP contribution >= 0.6 is 0 Å². The Morgan fingerprint density at radius 3 is 2.48 bits per heavy atom. The summed E-state index contributed by atoms with van der Waals surface area (Å²) in [5.74, 6) is -0.890. The number of alkyl halides is 3. The molecular weight excluding hydrogens is 285 g/mol. The highest BCUT2D eigenvalue weighted by Crippen LogP contribution is 2.30. The number of hydrogen-bond acceptors (Lipinski definition) is 3. The summed E-state index contributed by atoms with van der Waals surface area (Å²) in [5, 5.41) is 11.7. The van der Waals surface area contributed by atoms with Gasteiger partial charge in [0.1, 0.15) is 0 Å². The molecule has 1 amide bonds. The fourth-order valence-corrected chi connectivity index (χ4v) is 1.98. The molecule has 0 aromatic carbocycles. The van der Waals surface area contributed by atoms with E-state index in [-0.39, 0.29) is 12.0 Å². The van der Waals surface area contributed by atoms with Crippen LogP contribution in [0.25, 0.3) is 0 Å². The molecular formula is C14H19F3N2O2. The maximum Gasteiger partial charge on any atom is 0.434 e. The minimum atomic E-state index is -4.70. The van der Waals surface area contributed by atoms with Crippen LogP contribution in [0.1, 0.15) is 43.2 Å². The van der Waals surface area contributed by atoms with Gasteiger partial charge in [0.05, 0.1) is 18.2 Å². The van der Waals surface area contributed by atoms with Crippen LogP contribution in [-0.4, -0.2) is 28.6 Å². The summed E-state index contributed by atoms with van der Waals surface area (Å²) < 4.78 is 38.4. The second kappa shape index (κ2) is 6.43. The monoisotopic (exact) mass is 304 g/mol. The summed E-state index contributed by atoms with van der Waals surface area (Å²) in [4.78, 5) is 15.2. The van der Waals surface area contributed by atoms with Gasteiger partial charge in [0.2, 0.25) is 0 Å². The van der Waals surface area contributed by atoms with Crippen molar-refractivity contribution in [1.82, 2.24) is 10.3 Å². The Bertz CT molecular complexity index is 496. The lowest BCUT2D eigenvalue weighted by Crippen LogP contribution is -2.40. The number of aliphatic hydroxyl groups excluding tert-OH is 1. The molecule has 1 rings (SSSR count). The average Bonchev–Trinajstić information content (AvgIpc) is 2.35. The van der Waals surface area contributed by atoms with Crippen LogP contribution in [0.5, 0.6) is 0 Å². The Hall–Kier alpha value is -1.63. The van der Waals surface area contributed by atoms with Crippen molar-refractivity contribution in [2.24, 2.45) is 5.41 Å². The van der Waals surface area contributed by atoms with E-state index in [0.29, 0.717) is 6.42 Å². The summed E-state index contributed by atoms with van der Waals surface area (Å²) in [6, 6.07) is 1.72. The Morgan fingerprint density at radius 2 is 2.00 bits per heavy atom. The van der Waals surface area contributed by atoms with Gasteiger partial charge in [-0.3, -0.25) is 9.78 Å². The van der Waals surface area contributed by atoms with E-state index in [0.717, 1.165) is 12.3 Å². The highest BCUT2D eigenvalue weighted by Gasteiger charge is 2.37. The molecule has 0 radical (unpaired) electrons. The van der Waals surface area contributed by atoms with Gasteiger partial charge in [0.15, 0.2) is 5.69 Å². The number of carbonyl (C=O) groups is 1. The minimum absolute atomic E-state index is 0.178. The van der Waals surface area contributed by atoms with Crippen molar-refractivity contribution in [3.63, 3.8) is 0 Å². The van der Waals surface area contributed by atoms with E-state index in [1.54, 1.807) is 0 Å². The van der Waals surface area contributed by atoms with Crippen LogP contribution in [0.2, 0.25) is 0 Å². The van der Waals surface area contributed by atoms with Gasteiger partial charge in [0.25, 0.3) is 5.91 Å². The molecule has 0 saturated carbocycles. The van der Waals surface area contributed by atoms with E-state index >= 15 is 0 Å². The number of nitrogens with one attached hydrogen (secondary N) is 1. The lowest BCUT2D eigenvalue weighted by molar-refractivity contribution is -0.141. The summed E-state index contributed by atoms with van der Waals surface area (Å²) in [6.07, 6.45) is -3.28. The van der Waals surface area contributed by atoms with Gasteiger partial charge in [-0.05, 0) is 24.0 Å². The number of hydrogen-bond donors (Lipinski definition) is 2. The molecule has 21 heavy (non-hydrogen) atoms. The first-order valence-corrected chi connectivity index (χ1v) is 6.48. The quantitative estimate of drug-likeness (QED) is 0.899. The molecule has 7 heteroatoms. The van der Waals surface area contributed by atoms with Crippen LogP contribution in [0.4, 0.5) is 13.2 Å². The number of aromatic nitrogens is 1. The van der Waals surface area contributed by atoms with E-state index < -0.39 is 29.4 Å². The molecule has 1 heterocycles. The molecule has 118 valence electrons. The summed E-state index contributed by atoms with van der Waals surface area (Å²) >= 11 is 0. The number of aliphatic hydroxyl groups is 1. The molecule has 1 aromatic heterocycles. The third kappa shape index (κ3) is 5.34. The van der Waals surface area contributed by atoms with Crippen molar-refractivity contribution >= 4 is 5.91 Å². The van der Waals surface area contributed by atoms with Crippen molar-refractivity contribution in [1.29, 1.82) is 0 Å². The molecule has 0 saturated heterocycles. The number of amides is 1. The van der Waals surface area contributed by atoms with Crippen LogP contribution < -0.4 is 5.32 Å². The van der Waals surface area contributed by atoms with Crippen LogP contribution in [0.15, 0.2) is 18.3 Å². The largest absolute Gasteiger partial charge is 0.434 e. The third-order valence-corrected chi connectivity index (χ3v) is 2.74. The molecule has 1 unspecified atom stereocenters. The molecule has 1 atom stereocenters. The fourth-order valence-electron chi connectivity index (χ4n) is 1.98. The van der Waals surface area contributed by atoms with Gasteiger partial charge in [0, 0.05) is 6.20 Å². The molecule has 0 spiro atoms. The van der Waals surface area contributed by atoms with Crippen molar-refractivity contribution in [2.45, 2.75) is 39.4 Å². The zero-order valence-corrected chi connectivity index (χ0v) is 12.2. The number of pyridine rings is 1. The van der Waals surface area contributed by atoms with E-state index in [2.05, 4.69) is 10.3 Å². The molecule has 0 aliphatic rings. The smallest absolute Gasteiger partial charge is 0.394 e. The van der Waals surface area contributed by atoms with E-state index in [1.165, 1.54) is 6.07 Å². The van der Waals surface area contributed by atoms with Crippen LogP contribution in [-0.2, 0) is 6.18 Å². The first kappa shape index (κ1) is 17.4. The summed E-state index contributed by atoms with van der Waals surface area (Å²) in [6.45, 7) is 5.39. The SMILES string of the molecule is CC(C)(C)CC(CO)NC(=O)c1cccnc1C(F)(F)F. The molecule has 0 bridgehead atoms. The molecule has 0 aliphatic carbocycles. The Balaban J connectivity index is 2.94. The fraction of sp³-hybridized carbons (Fsp3) is 0.571. The summed E-state index contributed by atoms with van der Waals surface area (Å²) in [5.41, 5.74) is -1.95. The molecule has 2 N–H and O–H groups in total. The molecule has 1 aromatic rings. The molecule has 0 fully saturated rings. The number of nitrogens with zero attached hydrogens (tertiary/aromatic N) is 1. The standard InChI is InChI=1S/C14H19F3N2O2/c1-13(2,3)7-9(8-20)19-12(21)10-5-4-6-18-11(10)14(15,16)17/h4-6,9,20H,7-8H2,1-3H3,(H,19,21). The second-order valence-corrected chi connectivity index (χ2v) is 6.02. The predicted octanol–water partition coefficient (Wildman–Crippen LogP) is 2.63. The van der Waals surface area contributed by atoms with Gasteiger partial charge in [-0.2, -0.15) is 13.2 Å². The zero-order valence-electron chi connectivity index (χ0n) is 12.2. The predicted molar refractivity (Wildman–Crippen MR) is 71.7 cm³/mol. The van der Waals surface area contributed by atoms with Gasteiger partial charge < -0.3 is 10.4 Å². The van der Waals surface area contributed by atoms with E-state index in [4.69, 9.17) is 0 Å². The Kier molecular flexibility index (Phi) is 5.33. The van der Waals surface area contributed by atoms with Crippen molar-refractivity contribution in [3.05, 3.63) is 29.6 Å². The Morgan fingerprint density at radius 1 is 1.38 bits per heavy atom. The lowest BCUT2D eigenvalue weighted by atomic mass is 9.88. The normalized spacial score (nSPS) is 13.9. The average molecular weight is 304 g/mol. The van der Waals surface area contributed by atoms with Gasteiger partial charge in [-0.15, -0.1) is 0 Å². The molecule has 0 aliphatic heterocycles. The van der Waals surface area contributed by atoms with Gasteiger partial charge >= 0.3 is 6.18 Å². The summed E-state index contributed by atoms with van der Waals surface area (Å²) in [7, 11) is 0. The van der Waals surface area contributed by atoms with Crippen molar-refractivity contribution < 1.29 is 23.1 Å². The third-order valence-electron chi connectivity index (χ3n) is 2.74. The van der Waals surface area contributed by atoms with E-state index in [9.17, 15) is 23.1 Å². The lowest BCUT2D eigenvalue weighted by Gasteiger charge is -2.25. The zero-order chi connectivity index (χ0) is 16.3. The first-order valence-electron chi connectivity index (χ1n) is 6.48. The Labute approximate surface area is 121 Å². The van der Waals surface area contributed by atoms with Crippen LogP contribution in [0.3, 0.4) is 0 Å². The first-order chi connectivity index (χ1) is 9.54. The van der Waals surface area contributed by atoms with Crippen LogP contribution in [0, 0.1) is 5.41 Å². The number of carbonyl (C=O) groups excluding carboxylic acids is 1. The maximum absolute atomic E-state index is 12.8. The number of rotatable bonds is 4. The maximum atomic E-state index is 12.8. The van der Waals surface area contributed by atoms with Gasteiger partial charge in [-0.25, -0.2) is 0 Å².